The van der Waals surface area contributed by atoms with E-state index in [1.807, 2.05) is 20.8 Å². The molecule has 1 aliphatic heterocycles. The van der Waals surface area contributed by atoms with Crippen LogP contribution in [0, 0.1) is 0 Å². The van der Waals surface area contributed by atoms with Crippen LogP contribution in [-0.2, 0) is 18.0 Å². The lowest BCUT2D eigenvalue weighted by Crippen LogP contribution is -2.46. The number of hydrogen-bond donors (Lipinski definition) is 0. The summed E-state index contributed by atoms with van der Waals surface area (Å²) in [6, 6.07) is 0.551. The number of aryl methyl sites for hydroxylation is 1. The largest absolute Gasteiger partial charge is 0.437 e. The van der Waals surface area contributed by atoms with Gasteiger partial charge < -0.3 is 4.74 Å². The van der Waals surface area contributed by atoms with Gasteiger partial charge in [0.05, 0.1) is 11.7 Å². The zero-order valence-corrected chi connectivity index (χ0v) is 12.5. The molecule has 8 heteroatoms. The lowest BCUT2D eigenvalue weighted by atomic mass is 10.0. The van der Waals surface area contributed by atoms with Gasteiger partial charge in [-0.2, -0.15) is 18.3 Å². The maximum absolute atomic E-state index is 12.7. The second kappa shape index (κ2) is 4.64. The Labute approximate surface area is 120 Å². The summed E-state index contributed by atoms with van der Waals surface area (Å²) in [6.07, 6.45) is -5.83. The third-order valence-electron chi connectivity index (χ3n) is 3.49. The highest BCUT2D eigenvalue weighted by Crippen LogP contribution is 2.38. The summed E-state index contributed by atoms with van der Waals surface area (Å²) in [4.78, 5) is 13.5. The van der Waals surface area contributed by atoms with Gasteiger partial charge in [0.2, 0.25) is 0 Å². The van der Waals surface area contributed by atoms with Crippen LogP contribution in [0.2, 0.25) is 0 Å². The van der Waals surface area contributed by atoms with Crippen LogP contribution in [0.1, 0.15) is 45.2 Å². The van der Waals surface area contributed by atoms with Crippen molar-refractivity contribution in [3.05, 3.63) is 17.5 Å². The van der Waals surface area contributed by atoms with Crippen molar-refractivity contribution in [2.24, 2.45) is 7.05 Å². The van der Waals surface area contributed by atoms with Gasteiger partial charge in [0, 0.05) is 12.6 Å². The van der Waals surface area contributed by atoms with Gasteiger partial charge in [-0.15, -0.1) is 0 Å². The molecule has 5 nitrogen and oxygen atoms in total. The van der Waals surface area contributed by atoms with E-state index in [2.05, 4.69) is 5.10 Å². The fourth-order valence-corrected chi connectivity index (χ4v) is 2.64. The highest BCUT2D eigenvalue weighted by molar-refractivity contribution is 5.71. The van der Waals surface area contributed by atoms with E-state index in [1.165, 1.54) is 11.9 Å². The van der Waals surface area contributed by atoms with Crippen molar-refractivity contribution in [2.75, 3.05) is 0 Å². The molecule has 1 fully saturated rings. The molecule has 21 heavy (non-hydrogen) atoms. The smallest absolute Gasteiger partial charge is 0.435 e. The van der Waals surface area contributed by atoms with E-state index in [4.69, 9.17) is 4.74 Å². The number of amides is 1. The Morgan fingerprint density at radius 2 is 1.86 bits per heavy atom. The Balaban J connectivity index is 2.36. The molecule has 0 saturated carbocycles. The molecule has 1 saturated heterocycles. The fourth-order valence-electron chi connectivity index (χ4n) is 2.64. The Kier molecular flexibility index (Phi) is 3.46. The van der Waals surface area contributed by atoms with Gasteiger partial charge in [0.15, 0.2) is 11.8 Å². The van der Waals surface area contributed by atoms with Crippen molar-refractivity contribution in [1.29, 1.82) is 0 Å². The second-order valence-corrected chi connectivity index (χ2v) is 6.16. The zero-order valence-electron chi connectivity index (χ0n) is 12.5. The summed E-state index contributed by atoms with van der Waals surface area (Å²) in [5, 5.41) is 3.46. The molecule has 1 amide bonds. The highest BCUT2D eigenvalue weighted by Gasteiger charge is 2.47. The monoisotopic (exact) mass is 305 g/mol. The van der Waals surface area contributed by atoms with Crippen LogP contribution in [-0.4, -0.2) is 32.4 Å². The third-order valence-corrected chi connectivity index (χ3v) is 3.49. The second-order valence-electron chi connectivity index (χ2n) is 6.16. The van der Waals surface area contributed by atoms with Crippen LogP contribution in [0.15, 0.2) is 6.07 Å². The van der Waals surface area contributed by atoms with E-state index in [9.17, 15) is 18.0 Å². The van der Waals surface area contributed by atoms with Gasteiger partial charge in [-0.25, -0.2) is 4.79 Å². The lowest BCUT2D eigenvalue weighted by Gasteiger charge is -2.33. The van der Waals surface area contributed by atoms with E-state index in [0.717, 1.165) is 10.7 Å². The first kappa shape index (κ1) is 15.7. The standard InChI is InChI=1S/C13H18F3N3O2/c1-7-10(21-11(20)19(7)12(2,3)4)8-6-9(13(14,15)16)17-18(8)5/h6-7,10H,1-5H3/t7-,10-/m0/s1. The minimum absolute atomic E-state index is 0.231. The molecule has 0 aromatic carbocycles. The SMILES string of the molecule is C[C@H]1[C@@H](c2cc(C(F)(F)F)nn2C)OC(=O)N1C(C)(C)C. The molecule has 0 radical (unpaired) electrons. The van der Waals surface area contributed by atoms with Gasteiger partial charge in [-0.05, 0) is 33.8 Å². The zero-order chi connectivity index (χ0) is 16.2. The summed E-state index contributed by atoms with van der Waals surface area (Å²) in [6.45, 7) is 7.29. The number of ether oxygens (including phenoxy) is 1. The average Bonchev–Trinajstić information content (AvgIpc) is 2.77. The van der Waals surface area contributed by atoms with E-state index >= 15 is 0 Å². The number of aromatic nitrogens is 2. The van der Waals surface area contributed by atoms with E-state index in [-0.39, 0.29) is 11.7 Å². The van der Waals surface area contributed by atoms with Crippen LogP contribution in [0.4, 0.5) is 18.0 Å². The minimum atomic E-state index is -4.52. The van der Waals surface area contributed by atoms with Crippen molar-refractivity contribution in [3.63, 3.8) is 0 Å². The number of halogens is 3. The van der Waals surface area contributed by atoms with E-state index < -0.39 is 29.6 Å². The Bertz CT molecular complexity index is 560. The van der Waals surface area contributed by atoms with Crippen molar-refractivity contribution in [2.45, 2.75) is 51.6 Å². The van der Waals surface area contributed by atoms with Crippen molar-refractivity contribution in [3.8, 4) is 0 Å². The molecule has 2 atom stereocenters. The summed E-state index contributed by atoms with van der Waals surface area (Å²) >= 11 is 0. The number of cyclic esters (lactones) is 1. The fraction of sp³-hybridized carbons (Fsp3) is 0.692. The number of nitrogens with zero attached hydrogens (tertiary/aromatic N) is 3. The first-order valence-corrected chi connectivity index (χ1v) is 6.54. The van der Waals surface area contributed by atoms with Crippen LogP contribution in [0.25, 0.3) is 0 Å². The van der Waals surface area contributed by atoms with Crippen LogP contribution < -0.4 is 0 Å². The first-order valence-electron chi connectivity index (χ1n) is 6.54. The number of alkyl halides is 3. The molecule has 2 rings (SSSR count). The normalized spacial score (nSPS) is 23.6. The van der Waals surface area contributed by atoms with Gasteiger partial charge in [-0.1, -0.05) is 0 Å². The summed E-state index contributed by atoms with van der Waals surface area (Å²) in [7, 11) is 1.41. The maximum Gasteiger partial charge on any atom is 0.435 e. The topological polar surface area (TPSA) is 47.4 Å². The molecule has 1 aromatic rings. The Hall–Kier alpha value is -1.73. The van der Waals surface area contributed by atoms with Crippen molar-refractivity contribution < 1.29 is 22.7 Å². The predicted octanol–water partition coefficient (Wildman–Crippen LogP) is 3.12. The molecule has 0 unspecified atom stereocenters. The molecule has 0 N–H and O–H groups in total. The van der Waals surface area contributed by atoms with Crippen molar-refractivity contribution in [1.82, 2.24) is 14.7 Å². The van der Waals surface area contributed by atoms with E-state index in [1.54, 1.807) is 6.92 Å². The van der Waals surface area contributed by atoms with Crippen LogP contribution in [0.5, 0.6) is 0 Å². The first-order chi connectivity index (χ1) is 9.43. The summed E-state index contributed by atoms with van der Waals surface area (Å²) < 4.78 is 44.5. The molecule has 0 aliphatic carbocycles. The van der Waals surface area contributed by atoms with Crippen LogP contribution >= 0.6 is 0 Å². The molecule has 0 bridgehead atoms. The highest BCUT2D eigenvalue weighted by atomic mass is 19.4. The molecule has 1 aliphatic rings. The molecule has 1 aromatic heterocycles. The van der Waals surface area contributed by atoms with Gasteiger partial charge in [0.25, 0.3) is 0 Å². The summed E-state index contributed by atoms with van der Waals surface area (Å²) in [5.74, 6) is 0. The quantitative estimate of drug-likeness (QED) is 0.801. The van der Waals surface area contributed by atoms with Crippen molar-refractivity contribution >= 4 is 6.09 Å². The Morgan fingerprint density at radius 1 is 1.29 bits per heavy atom. The number of carbonyl (C=O) groups is 1. The molecular formula is C13H18F3N3O2. The maximum atomic E-state index is 12.7. The number of hydrogen-bond acceptors (Lipinski definition) is 3. The van der Waals surface area contributed by atoms with Gasteiger partial charge in [0.1, 0.15) is 0 Å². The van der Waals surface area contributed by atoms with E-state index in [0.29, 0.717) is 0 Å². The number of carbonyl (C=O) groups excluding carboxylic acids is 1. The van der Waals surface area contributed by atoms with Crippen LogP contribution in [0.3, 0.4) is 0 Å². The minimum Gasteiger partial charge on any atom is -0.437 e. The third kappa shape index (κ3) is 2.71. The van der Waals surface area contributed by atoms with Gasteiger partial charge >= 0.3 is 12.3 Å². The average molecular weight is 305 g/mol. The predicted molar refractivity (Wildman–Crippen MR) is 68.5 cm³/mol. The lowest BCUT2D eigenvalue weighted by molar-refractivity contribution is -0.141. The Morgan fingerprint density at radius 3 is 2.24 bits per heavy atom. The molecular weight excluding hydrogens is 287 g/mol. The molecule has 0 spiro atoms. The molecule has 118 valence electrons. The summed E-state index contributed by atoms with van der Waals surface area (Å²) in [5.41, 5.74) is -1.23. The number of rotatable bonds is 1. The molecule has 2 heterocycles. The van der Waals surface area contributed by atoms with Gasteiger partial charge in [-0.3, -0.25) is 9.58 Å².